The Labute approximate surface area is 106 Å². The highest BCUT2D eigenvalue weighted by Crippen LogP contribution is 2.24. The molecule has 2 rings (SSSR count). The predicted molar refractivity (Wildman–Crippen MR) is 67.0 cm³/mol. The minimum absolute atomic E-state index is 0.126. The van der Waals surface area contributed by atoms with Gasteiger partial charge in [-0.1, -0.05) is 15.9 Å². The van der Waals surface area contributed by atoms with Crippen molar-refractivity contribution < 1.29 is 4.79 Å². The summed E-state index contributed by atoms with van der Waals surface area (Å²) < 4.78 is 1.80. The zero-order chi connectivity index (χ0) is 10.8. The van der Waals surface area contributed by atoms with Crippen molar-refractivity contribution in [1.29, 1.82) is 0 Å². The third kappa shape index (κ3) is 2.42. The fourth-order valence-corrected chi connectivity index (χ4v) is 2.53. The van der Waals surface area contributed by atoms with Gasteiger partial charge < -0.3 is 4.90 Å². The van der Waals surface area contributed by atoms with Crippen LogP contribution >= 0.6 is 31.9 Å². The van der Waals surface area contributed by atoms with E-state index in [1.54, 1.807) is 0 Å². The topological polar surface area (TPSA) is 20.3 Å². The molecule has 0 radical (unpaired) electrons. The lowest BCUT2D eigenvalue weighted by Gasteiger charge is -2.16. The molecule has 1 aromatic carbocycles. The average Bonchev–Trinajstić information content (AvgIpc) is 2.74. The highest BCUT2D eigenvalue weighted by molar-refractivity contribution is 9.11. The van der Waals surface area contributed by atoms with Crippen molar-refractivity contribution in [3.63, 3.8) is 0 Å². The summed E-state index contributed by atoms with van der Waals surface area (Å²) in [5.74, 6) is 0.126. The van der Waals surface area contributed by atoms with Crippen LogP contribution in [0.2, 0.25) is 0 Å². The van der Waals surface area contributed by atoms with E-state index < -0.39 is 0 Å². The largest absolute Gasteiger partial charge is 0.339 e. The van der Waals surface area contributed by atoms with E-state index in [0.717, 1.165) is 40.4 Å². The first kappa shape index (κ1) is 11.1. The van der Waals surface area contributed by atoms with Gasteiger partial charge in [0.05, 0.1) is 5.56 Å². The second-order valence-electron chi connectivity index (χ2n) is 3.62. The standard InChI is InChI=1S/C11H11Br2NO/c12-8-3-4-10(13)9(7-8)11(15)14-5-1-2-6-14/h3-4,7H,1-2,5-6H2. The number of carbonyl (C=O) groups is 1. The van der Waals surface area contributed by atoms with Crippen molar-refractivity contribution in [2.45, 2.75) is 12.8 Å². The van der Waals surface area contributed by atoms with Crippen molar-refractivity contribution in [2.24, 2.45) is 0 Å². The number of nitrogens with zero attached hydrogens (tertiary/aromatic N) is 1. The molecule has 1 saturated heterocycles. The van der Waals surface area contributed by atoms with Crippen LogP contribution in [0.4, 0.5) is 0 Å². The molecule has 0 unspecified atom stereocenters. The van der Waals surface area contributed by atoms with Gasteiger partial charge in [-0.2, -0.15) is 0 Å². The molecule has 0 saturated carbocycles. The zero-order valence-corrected chi connectivity index (χ0v) is 11.3. The van der Waals surface area contributed by atoms with E-state index in [0.29, 0.717) is 0 Å². The molecule has 4 heteroatoms. The molecule has 0 atom stereocenters. The molecule has 15 heavy (non-hydrogen) atoms. The Kier molecular flexibility index (Phi) is 3.46. The Morgan fingerprint density at radius 1 is 1.20 bits per heavy atom. The van der Waals surface area contributed by atoms with E-state index in [-0.39, 0.29) is 5.91 Å². The number of carbonyl (C=O) groups excluding carboxylic acids is 1. The van der Waals surface area contributed by atoms with Gasteiger partial charge in [-0.3, -0.25) is 4.79 Å². The summed E-state index contributed by atoms with van der Waals surface area (Å²) in [6, 6.07) is 5.68. The lowest BCUT2D eigenvalue weighted by atomic mass is 10.2. The van der Waals surface area contributed by atoms with Crippen LogP contribution in [0.15, 0.2) is 27.1 Å². The second-order valence-corrected chi connectivity index (χ2v) is 5.39. The molecule has 1 heterocycles. The molecule has 1 amide bonds. The van der Waals surface area contributed by atoms with E-state index in [1.807, 2.05) is 23.1 Å². The fourth-order valence-electron chi connectivity index (χ4n) is 1.75. The smallest absolute Gasteiger partial charge is 0.255 e. The van der Waals surface area contributed by atoms with Crippen LogP contribution in [-0.2, 0) is 0 Å². The first-order chi connectivity index (χ1) is 7.18. The van der Waals surface area contributed by atoms with Crippen LogP contribution in [0.5, 0.6) is 0 Å². The number of amides is 1. The van der Waals surface area contributed by atoms with E-state index >= 15 is 0 Å². The highest BCUT2D eigenvalue weighted by atomic mass is 79.9. The maximum atomic E-state index is 12.1. The Balaban J connectivity index is 2.27. The third-order valence-corrected chi connectivity index (χ3v) is 3.74. The van der Waals surface area contributed by atoms with Crippen molar-refractivity contribution >= 4 is 37.8 Å². The summed E-state index contributed by atoms with van der Waals surface area (Å²) in [5.41, 5.74) is 0.742. The van der Waals surface area contributed by atoms with Crippen LogP contribution in [0.25, 0.3) is 0 Å². The molecule has 0 N–H and O–H groups in total. The number of rotatable bonds is 1. The monoisotopic (exact) mass is 331 g/mol. The van der Waals surface area contributed by atoms with E-state index in [4.69, 9.17) is 0 Å². The molecule has 1 aliphatic rings. The summed E-state index contributed by atoms with van der Waals surface area (Å²) in [5, 5.41) is 0. The van der Waals surface area contributed by atoms with Gasteiger partial charge in [0.2, 0.25) is 0 Å². The van der Waals surface area contributed by atoms with Crippen molar-refractivity contribution in [2.75, 3.05) is 13.1 Å². The molecular weight excluding hydrogens is 322 g/mol. The molecular formula is C11H11Br2NO. The SMILES string of the molecule is O=C(c1cc(Br)ccc1Br)N1CCCC1. The highest BCUT2D eigenvalue weighted by Gasteiger charge is 2.21. The lowest BCUT2D eigenvalue weighted by molar-refractivity contribution is 0.0792. The molecule has 1 aromatic rings. The van der Waals surface area contributed by atoms with E-state index in [2.05, 4.69) is 31.9 Å². The number of benzene rings is 1. The van der Waals surface area contributed by atoms with Gasteiger partial charge in [0, 0.05) is 22.0 Å². The third-order valence-electron chi connectivity index (χ3n) is 2.55. The van der Waals surface area contributed by atoms with Crippen LogP contribution in [0.3, 0.4) is 0 Å². The van der Waals surface area contributed by atoms with Crippen LogP contribution < -0.4 is 0 Å². The van der Waals surface area contributed by atoms with Crippen molar-refractivity contribution in [1.82, 2.24) is 4.90 Å². The summed E-state index contributed by atoms with van der Waals surface area (Å²) >= 11 is 6.79. The van der Waals surface area contributed by atoms with Crippen LogP contribution in [0, 0.1) is 0 Å². The molecule has 1 aliphatic heterocycles. The van der Waals surface area contributed by atoms with Gasteiger partial charge in [0.25, 0.3) is 5.91 Å². The maximum Gasteiger partial charge on any atom is 0.255 e. The summed E-state index contributed by atoms with van der Waals surface area (Å²) in [4.78, 5) is 14.0. The first-order valence-electron chi connectivity index (χ1n) is 4.93. The molecule has 2 nitrogen and oxygen atoms in total. The quantitative estimate of drug-likeness (QED) is 0.771. The van der Waals surface area contributed by atoms with Gasteiger partial charge in [-0.15, -0.1) is 0 Å². The summed E-state index contributed by atoms with van der Waals surface area (Å²) in [7, 11) is 0. The van der Waals surface area contributed by atoms with E-state index in [9.17, 15) is 4.79 Å². The molecule has 0 bridgehead atoms. The Morgan fingerprint density at radius 2 is 1.87 bits per heavy atom. The van der Waals surface area contributed by atoms with Gasteiger partial charge in [-0.05, 0) is 47.0 Å². The van der Waals surface area contributed by atoms with Gasteiger partial charge in [0.1, 0.15) is 0 Å². The zero-order valence-electron chi connectivity index (χ0n) is 8.17. The molecule has 0 aliphatic carbocycles. The van der Waals surface area contributed by atoms with Gasteiger partial charge in [-0.25, -0.2) is 0 Å². The summed E-state index contributed by atoms with van der Waals surface area (Å²) in [6.45, 7) is 1.77. The van der Waals surface area contributed by atoms with Crippen molar-refractivity contribution in [3.8, 4) is 0 Å². The summed E-state index contributed by atoms with van der Waals surface area (Å²) in [6.07, 6.45) is 2.24. The maximum absolute atomic E-state index is 12.1. The van der Waals surface area contributed by atoms with Crippen LogP contribution in [-0.4, -0.2) is 23.9 Å². The number of halogens is 2. The number of hydrogen-bond donors (Lipinski definition) is 0. The Hall–Kier alpha value is -0.350. The normalized spacial score (nSPS) is 15.7. The Bertz CT molecular complexity index is 386. The molecule has 1 fully saturated rings. The number of likely N-dealkylation sites (tertiary alicyclic amines) is 1. The minimum atomic E-state index is 0.126. The molecule has 0 aromatic heterocycles. The van der Waals surface area contributed by atoms with Crippen LogP contribution in [0.1, 0.15) is 23.2 Å². The fraction of sp³-hybridized carbons (Fsp3) is 0.364. The number of hydrogen-bond acceptors (Lipinski definition) is 1. The lowest BCUT2D eigenvalue weighted by Crippen LogP contribution is -2.27. The Morgan fingerprint density at radius 3 is 2.53 bits per heavy atom. The second kappa shape index (κ2) is 4.66. The van der Waals surface area contributed by atoms with Gasteiger partial charge in [0.15, 0.2) is 0 Å². The first-order valence-corrected chi connectivity index (χ1v) is 6.51. The van der Waals surface area contributed by atoms with Gasteiger partial charge >= 0.3 is 0 Å². The molecule has 80 valence electrons. The predicted octanol–water partition coefficient (Wildman–Crippen LogP) is 3.45. The average molecular weight is 333 g/mol. The van der Waals surface area contributed by atoms with Crippen molar-refractivity contribution in [3.05, 3.63) is 32.7 Å². The minimum Gasteiger partial charge on any atom is -0.339 e. The van der Waals surface area contributed by atoms with E-state index in [1.165, 1.54) is 0 Å². The molecule has 0 spiro atoms.